The fourth-order valence-electron chi connectivity index (χ4n) is 3.62. The van der Waals surface area contributed by atoms with Crippen molar-refractivity contribution in [1.29, 1.82) is 0 Å². The number of amides is 1. The Hall–Kier alpha value is -3.93. The summed E-state index contributed by atoms with van der Waals surface area (Å²) in [4.78, 5) is 24.0. The molecular formula is C26H27N5O. The quantitative estimate of drug-likeness (QED) is 0.393. The molecule has 0 atom stereocenters. The number of aromatic nitrogens is 2. The van der Waals surface area contributed by atoms with Crippen LogP contribution in [0.5, 0.6) is 0 Å². The normalized spacial score (nSPS) is 10.7. The van der Waals surface area contributed by atoms with Crippen LogP contribution >= 0.6 is 0 Å². The van der Waals surface area contributed by atoms with E-state index in [2.05, 4.69) is 39.3 Å². The van der Waals surface area contributed by atoms with Crippen LogP contribution in [0.15, 0.2) is 72.8 Å². The molecule has 4 rings (SSSR count). The summed E-state index contributed by atoms with van der Waals surface area (Å²) in [5.41, 5.74) is 3.11. The largest absolute Gasteiger partial charge is 0.357 e. The van der Waals surface area contributed by atoms with Crippen molar-refractivity contribution in [3.05, 3.63) is 84.1 Å². The monoisotopic (exact) mass is 425 g/mol. The van der Waals surface area contributed by atoms with Gasteiger partial charge in [-0.25, -0.2) is 4.98 Å². The van der Waals surface area contributed by atoms with Crippen molar-refractivity contribution in [2.75, 3.05) is 28.6 Å². The Balaban J connectivity index is 1.45. The second-order valence-corrected chi connectivity index (χ2v) is 7.58. The minimum atomic E-state index is -0.137. The van der Waals surface area contributed by atoms with Gasteiger partial charge in [-0.3, -0.25) is 4.79 Å². The maximum Gasteiger partial charge on any atom is 0.255 e. The van der Waals surface area contributed by atoms with Crippen LogP contribution in [0.25, 0.3) is 10.8 Å². The lowest BCUT2D eigenvalue weighted by Gasteiger charge is -2.20. The highest BCUT2D eigenvalue weighted by Crippen LogP contribution is 2.21. The molecule has 1 aromatic heterocycles. The fourth-order valence-corrected chi connectivity index (χ4v) is 3.62. The van der Waals surface area contributed by atoms with Gasteiger partial charge in [0.05, 0.1) is 0 Å². The zero-order chi connectivity index (χ0) is 22.5. The third kappa shape index (κ3) is 4.86. The Morgan fingerprint density at radius 3 is 2.25 bits per heavy atom. The van der Waals surface area contributed by atoms with Crippen molar-refractivity contribution in [2.45, 2.75) is 20.8 Å². The van der Waals surface area contributed by atoms with Crippen molar-refractivity contribution in [3.8, 4) is 0 Å². The van der Waals surface area contributed by atoms with E-state index in [0.717, 1.165) is 46.7 Å². The number of benzene rings is 3. The van der Waals surface area contributed by atoms with Crippen LogP contribution in [-0.4, -0.2) is 29.0 Å². The van der Waals surface area contributed by atoms with E-state index >= 15 is 0 Å². The molecule has 1 amide bonds. The summed E-state index contributed by atoms with van der Waals surface area (Å²) in [5.74, 6) is 1.33. The molecule has 0 aliphatic carbocycles. The van der Waals surface area contributed by atoms with Crippen molar-refractivity contribution < 1.29 is 4.79 Å². The number of carbonyl (C=O) groups excluding carboxylic acids is 1. The summed E-state index contributed by atoms with van der Waals surface area (Å²) in [5, 5.41) is 8.37. The molecule has 0 saturated heterocycles. The summed E-state index contributed by atoms with van der Waals surface area (Å²) >= 11 is 0. The number of hydrogen-bond donors (Lipinski definition) is 2. The zero-order valence-corrected chi connectivity index (χ0v) is 18.6. The van der Waals surface area contributed by atoms with E-state index in [-0.39, 0.29) is 5.91 Å². The predicted octanol–water partition coefficient (Wildman–Crippen LogP) is 5.78. The standard InChI is InChI=1S/C26H27N5O/c1-4-31(5-2)24-16-18(3)27-26(30-24)29-23-14-12-22(13-15-23)28-25(32)21-11-10-19-8-6-7-9-20(19)17-21/h6-17H,4-5H2,1-3H3,(H,28,32)(H,27,29,30). The predicted molar refractivity (Wildman–Crippen MR) is 132 cm³/mol. The van der Waals surface area contributed by atoms with E-state index in [0.29, 0.717) is 11.5 Å². The molecule has 0 saturated carbocycles. The maximum absolute atomic E-state index is 12.7. The second-order valence-electron chi connectivity index (χ2n) is 7.58. The van der Waals surface area contributed by atoms with Gasteiger partial charge in [0.1, 0.15) is 5.82 Å². The van der Waals surface area contributed by atoms with E-state index in [9.17, 15) is 4.79 Å². The first-order valence-electron chi connectivity index (χ1n) is 10.8. The molecule has 6 nitrogen and oxygen atoms in total. The van der Waals surface area contributed by atoms with Crippen molar-refractivity contribution in [2.24, 2.45) is 0 Å². The summed E-state index contributed by atoms with van der Waals surface area (Å²) in [6.45, 7) is 7.96. The van der Waals surface area contributed by atoms with Crippen LogP contribution in [0.2, 0.25) is 0 Å². The molecule has 162 valence electrons. The molecule has 4 aromatic rings. The zero-order valence-electron chi connectivity index (χ0n) is 18.6. The van der Waals surface area contributed by atoms with E-state index in [4.69, 9.17) is 0 Å². The number of rotatable bonds is 7. The average Bonchev–Trinajstić information content (AvgIpc) is 2.80. The summed E-state index contributed by atoms with van der Waals surface area (Å²) in [6, 6.07) is 23.2. The van der Waals surface area contributed by atoms with Gasteiger partial charge in [-0.05, 0) is 67.9 Å². The molecule has 6 heteroatoms. The Kier molecular flexibility index (Phi) is 6.31. The molecule has 0 unspecified atom stereocenters. The van der Waals surface area contributed by atoms with Crippen LogP contribution in [0, 0.1) is 6.92 Å². The highest BCUT2D eigenvalue weighted by atomic mass is 16.1. The number of nitrogens with one attached hydrogen (secondary N) is 2. The molecule has 3 aromatic carbocycles. The minimum absolute atomic E-state index is 0.137. The smallest absolute Gasteiger partial charge is 0.255 e. The van der Waals surface area contributed by atoms with Crippen molar-refractivity contribution in [3.63, 3.8) is 0 Å². The van der Waals surface area contributed by atoms with Gasteiger partial charge in [0.25, 0.3) is 5.91 Å². The van der Waals surface area contributed by atoms with E-state index in [1.807, 2.05) is 79.7 Å². The Bertz CT molecular complexity index is 1230. The van der Waals surface area contributed by atoms with Crippen LogP contribution in [0.3, 0.4) is 0 Å². The second kappa shape index (κ2) is 9.47. The molecule has 0 radical (unpaired) electrons. The lowest BCUT2D eigenvalue weighted by atomic mass is 10.1. The number of fused-ring (bicyclic) bond motifs is 1. The third-order valence-corrected chi connectivity index (χ3v) is 5.34. The van der Waals surface area contributed by atoms with Crippen LogP contribution in [0.1, 0.15) is 29.9 Å². The molecule has 0 spiro atoms. The summed E-state index contributed by atoms with van der Waals surface area (Å²) < 4.78 is 0. The Labute approximate surface area is 188 Å². The van der Waals surface area contributed by atoms with Gasteiger partial charge < -0.3 is 15.5 Å². The first-order chi connectivity index (χ1) is 15.6. The SMILES string of the molecule is CCN(CC)c1cc(C)nc(Nc2ccc(NC(=O)c3ccc4ccccc4c3)cc2)n1. The molecule has 2 N–H and O–H groups in total. The van der Waals surface area contributed by atoms with E-state index < -0.39 is 0 Å². The third-order valence-electron chi connectivity index (χ3n) is 5.34. The van der Waals surface area contributed by atoms with Crippen molar-refractivity contribution in [1.82, 2.24) is 9.97 Å². The molecule has 1 heterocycles. The maximum atomic E-state index is 12.7. The first kappa shape index (κ1) is 21.3. The first-order valence-corrected chi connectivity index (χ1v) is 10.8. The molecule has 0 fully saturated rings. The lowest BCUT2D eigenvalue weighted by Crippen LogP contribution is -2.23. The van der Waals surface area contributed by atoms with Crippen molar-refractivity contribution >= 4 is 39.8 Å². The number of carbonyl (C=O) groups is 1. The average molecular weight is 426 g/mol. The van der Waals surface area contributed by atoms with Gasteiger partial charge in [-0.2, -0.15) is 4.98 Å². The topological polar surface area (TPSA) is 70.2 Å². The number of aryl methyl sites for hydroxylation is 1. The van der Waals surface area contributed by atoms with Crippen LogP contribution in [0.4, 0.5) is 23.1 Å². The Morgan fingerprint density at radius 2 is 1.53 bits per heavy atom. The summed E-state index contributed by atoms with van der Waals surface area (Å²) in [7, 11) is 0. The van der Waals surface area contributed by atoms with E-state index in [1.54, 1.807) is 0 Å². The van der Waals surface area contributed by atoms with Gasteiger partial charge >= 0.3 is 0 Å². The Morgan fingerprint density at radius 1 is 0.844 bits per heavy atom. The highest BCUT2D eigenvalue weighted by molar-refractivity contribution is 6.06. The number of anilines is 4. The van der Waals surface area contributed by atoms with Crippen LogP contribution in [-0.2, 0) is 0 Å². The number of nitrogens with zero attached hydrogens (tertiary/aromatic N) is 3. The molecule has 0 bridgehead atoms. The molecule has 32 heavy (non-hydrogen) atoms. The van der Waals surface area contributed by atoms with Gasteiger partial charge in [-0.15, -0.1) is 0 Å². The van der Waals surface area contributed by atoms with Crippen LogP contribution < -0.4 is 15.5 Å². The molecule has 0 aliphatic rings. The van der Waals surface area contributed by atoms with Gasteiger partial charge in [-0.1, -0.05) is 30.3 Å². The summed E-state index contributed by atoms with van der Waals surface area (Å²) in [6.07, 6.45) is 0. The molecular weight excluding hydrogens is 398 g/mol. The minimum Gasteiger partial charge on any atom is -0.357 e. The van der Waals surface area contributed by atoms with Gasteiger partial charge in [0.2, 0.25) is 5.95 Å². The van der Waals surface area contributed by atoms with Gasteiger partial charge in [0.15, 0.2) is 0 Å². The lowest BCUT2D eigenvalue weighted by molar-refractivity contribution is 0.102. The number of hydrogen-bond acceptors (Lipinski definition) is 5. The molecule has 0 aliphatic heterocycles. The fraction of sp³-hybridized carbons (Fsp3) is 0.192. The highest BCUT2D eigenvalue weighted by Gasteiger charge is 2.09. The van der Waals surface area contributed by atoms with Gasteiger partial charge in [0, 0.05) is 41.8 Å². The van der Waals surface area contributed by atoms with E-state index in [1.165, 1.54) is 0 Å².